The second kappa shape index (κ2) is 6.14. The van der Waals surface area contributed by atoms with Gasteiger partial charge in [-0.1, -0.05) is 23.8 Å². The number of hydrogen-bond donors (Lipinski definition) is 1. The SMILES string of the molecule is Cc1ccc(C)c(CCC(=O)C2CCCNC2)c1. The molecule has 1 atom stereocenters. The van der Waals surface area contributed by atoms with Crippen LogP contribution in [0.2, 0.25) is 0 Å². The monoisotopic (exact) mass is 245 g/mol. The molecular formula is C16H23NO. The highest BCUT2D eigenvalue weighted by Gasteiger charge is 2.20. The number of aryl methyl sites for hydroxylation is 3. The summed E-state index contributed by atoms with van der Waals surface area (Å²) in [7, 11) is 0. The van der Waals surface area contributed by atoms with Crippen molar-refractivity contribution in [1.82, 2.24) is 5.32 Å². The quantitative estimate of drug-likeness (QED) is 0.883. The molecular weight excluding hydrogens is 222 g/mol. The van der Waals surface area contributed by atoms with Gasteiger partial charge in [0.2, 0.25) is 0 Å². The third-order valence-corrected chi connectivity index (χ3v) is 3.90. The van der Waals surface area contributed by atoms with Gasteiger partial charge in [0.05, 0.1) is 0 Å². The third kappa shape index (κ3) is 3.42. The minimum absolute atomic E-state index is 0.254. The number of carbonyl (C=O) groups excluding carboxylic acids is 1. The van der Waals surface area contributed by atoms with Crippen LogP contribution in [-0.2, 0) is 11.2 Å². The summed E-state index contributed by atoms with van der Waals surface area (Å²) in [6.07, 6.45) is 3.79. The Balaban J connectivity index is 1.90. The van der Waals surface area contributed by atoms with Crippen LogP contribution in [0.15, 0.2) is 18.2 Å². The van der Waals surface area contributed by atoms with Crippen LogP contribution in [0.25, 0.3) is 0 Å². The summed E-state index contributed by atoms with van der Waals surface area (Å²) in [6.45, 7) is 6.18. The molecule has 1 aromatic carbocycles. The molecule has 2 rings (SSSR count). The Morgan fingerprint density at radius 3 is 2.94 bits per heavy atom. The van der Waals surface area contributed by atoms with E-state index in [-0.39, 0.29) is 5.92 Å². The van der Waals surface area contributed by atoms with Gasteiger partial charge in [-0.15, -0.1) is 0 Å². The maximum absolute atomic E-state index is 12.1. The first-order valence-corrected chi connectivity index (χ1v) is 6.96. The Morgan fingerprint density at radius 1 is 1.39 bits per heavy atom. The van der Waals surface area contributed by atoms with Gasteiger partial charge >= 0.3 is 0 Å². The minimum Gasteiger partial charge on any atom is -0.316 e. The van der Waals surface area contributed by atoms with E-state index in [0.717, 1.165) is 32.4 Å². The molecule has 0 aliphatic carbocycles. The standard InChI is InChI=1S/C16H23NO/c1-12-5-6-13(2)14(10-12)7-8-16(18)15-4-3-9-17-11-15/h5-6,10,15,17H,3-4,7-9,11H2,1-2H3. The molecule has 0 radical (unpaired) electrons. The van der Waals surface area contributed by atoms with Gasteiger partial charge in [0.15, 0.2) is 0 Å². The second-order valence-corrected chi connectivity index (χ2v) is 5.44. The molecule has 98 valence electrons. The Morgan fingerprint density at radius 2 is 2.22 bits per heavy atom. The topological polar surface area (TPSA) is 29.1 Å². The van der Waals surface area contributed by atoms with Crippen molar-refractivity contribution in [3.8, 4) is 0 Å². The Kier molecular flexibility index (Phi) is 4.54. The average molecular weight is 245 g/mol. The smallest absolute Gasteiger partial charge is 0.137 e. The molecule has 0 bridgehead atoms. The maximum atomic E-state index is 12.1. The molecule has 1 heterocycles. The lowest BCUT2D eigenvalue weighted by Gasteiger charge is -2.21. The van der Waals surface area contributed by atoms with Crippen molar-refractivity contribution in [2.75, 3.05) is 13.1 Å². The van der Waals surface area contributed by atoms with Crippen molar-refractivity contribution in [3.63, 3.8) is 0 Å². The van der Waals surface area contributed by atoms with E-state index in [1.54, 1.807) is 0 Å². The lowest BCUT2D eigenvalue weighted by molar-refractivity contribution is -0.123. The fourth-order valence-corrected chi connectivity index (χ4v) is 2.66. The van der Waals surface area contributed by atoms with E-state index in [1.807, 2.05) is 0 Å². The summed E-state index contributed by atoms with van der Waals surface area (Å²) in [5.74, 6) is 0.687. The zero-order chi connectivity index (χ0) is 13.0. The van der Waals surface area contributed by atoms with Crippen LogP contribution in [0.3, 0.4) is 0 Å². The Labute approximate surface area is 110 Å². The largest absolute Gasteiger partial charge is 0.316 e. The molecule has 1 aliphatic rings. The molecule has 1 aliphatic heterocycles. The van der Waals surface area contributed by atoms with Crippen molar-refractivity contribution in [2.24, 2.45) is 5.92 Å². The number of benzene rings is 1. The predicted molar refractivity (Wildman–Crippen MR) is 74.8 cm³/mol. The van der Waals surface area contributed by atoms with E-state index in [0.29, 0.717) is 12.2 Å². The van der Waals surface area contributed by atoms with Crippen LogP contribution < -0.4 is 5.32 Å². The number of piperidine rings is 1. The van der Waals surface area contributed by atoms with E-state index in [9.17, 15) is 4.79 Å². The number of nitrogens with one attached hydrogen (secondary N) is 1. The van der Waals surface area contributed by atoms with Gasteiger partial charge in [0.1, 0.15) is 5.78 Å². The summed E-state index contributed by atoms with van der Waals surface area (Å²) in [4.78, 5) is 12.1. The first kappa shape index (κ1) is 13.3. The molecule has 1 N–H and O–H groups in total. The van der Waals surface area contributed by atoms with Crippen LogP contribution in [0.1, 0.15) is 36.0 Å². The normalized spacial score (nSPS) is 19.8. The average Bonchev–Trinajstić information content (AvgIpc) is 2.40. The number of Topliss-reactive ketones (excluding diaryl/α,β-unsaturated/α-hetero) is 1. The molecule has 2 heteroatoms. The van der Waals surface area contributed by atoms with Crippen LogP contribution >= 0.6 is 0 Å². The zero-order valence-electron chi connectivity index (χ0n) is 11.5. The molecule has 18 heavy (non-hydrogen) atoms. The molecule has 1 saturated heterocycles. The lowest BCUT2D eigenvalue weighted by atomic mass is 9.91. The first-order chi connectivity index (χ1) is 8.66. The Hall–Kier alpha value is -1.15. The molecule has 0 amide bonds. The van der Waals surface area contributed by atoms with Gasteiger partial charge in [-0.05, 0) is 50.8 Å². The summed E-state index contributed by atoms with van der Waals surface area (Å²) in [6, 6.07) is 6.49. The van der Waals surface area contributed by atoms with Gasteiger partial charge in [0, 0.05) is 18.9 Å². The molecule has 0 aromatic heterocycles. The highest BCUT2D eigenvalue weighted by Crippen LogP contribution is 2.17. The second-order valence-electron chi connectivity index (χ2n) is 5.44. The molecule has 1 unspecified atom stereocenters. The van der Waals surface area contributed by atoms with Gasteiger partial charge in [-0.2, -0.15) is 0 Å². The zero-order valence-corrected chi connectivity index (χ0v) is 11.5. The van der Waals surface area contributed by atoms with Crippen molar-refractivity contribution in [2.45, 2.75) is 39.5 Å². The predicted octanol–water partition coefficient (Wildman–Crippen LogP) is 2.80. The summed E-state index contributed by atoms with van der Waals surface area (Å²) < 4.78 is 0. The van der Waals surface area contributed by atoms with E-state index >= 15 is 0 Å². The van der Waals surface area contributed by atoms with Gasteiger partial charge in [-0.25, -0.2) is 0 Å². The highest BCUT2D eigenvalue weighted by molar-refractivity contribution is 5.81. The van der Waals surface area contributed by atoms with Crippen molar-refractivity contribution in [1.29, 1.82) is 0 Å². The van der Waals surface area contributed by atoms with Crippen molar-refractivity contribution < 1.29 is 4.79 Å². The molecule has 1 aromatic rings. The van der Waals surface area contributed by atoms with Crippen LogP contribution in [0, 0.1) is 19.8 Å². The van der Waals surface area contributed by atoms with E-state index in [1.165, 1.54) is 16.7 Å². The van der Waals surface area contributed by atoms with Crippen molar-refractivity contribution >= 4 is 5.78 Å². The number of ketones is 1. The van der Waals surface area contributed by atoms with Crippen LogP contribution in [0.5, 0.6) is 0 Å². The Bertz CT molecular complexity index is 419. The summed E-state index contributed by atoms with van der Waals surface area (Å²) in [5, 5.41) is 3.31. The maximum Gasteiger partial charge on any atom is 0.137 e. The van der Waals surface area contributed by atoms with Gasteiger partial charge in [-0.3, -0.25) is 4.79 Å². The third-order valence-electron chi connectivity index (χ3n) is 3.90. The van der Waals surface area contributed by atoms with E-state index < -0.39 is 0 Å². The highest BCUT2D eigenvalue weighted by atomic mass is 16.1. The fraction of sp³-hybridized carbons (Fsp3) is 0.562. The number of hydrogen-bond acceptors (Lipinski definition) is 2. The summed E-state index contributed by atoms with van der Waals surface area (Å²) in [5.41, 5.74) is 3.91. The molecule has 0 spiro atoms. The molecule has 2 nitrogen and oxygen atoms in total. The fourth-order valence-electron chi connectivity index (χ4n) is 2.66. The van der Waals surface area contributed by atoms with Crippen LogP contribution in [0.4, 0.5) is 0 Å². The van der Waals surface area contributed by atoms with Crippen LogP contribution in [-0.4, -0.2) is 18.9 Å². The first-order valence-electron chi connectivity index (χ1n) is 6.96. The van der Waals surface area contributed by atoms with Gasteiger partial charge in [0.25, 0.3) is 0 Å². The summed E-state index contributed by atoms with van der Waals surface area (Å²) >= 11 is 0. The molecule has 1 fully saturated rings. The van der Waals surface area contributed by atoms with E-state index in [4.69, 9.17) is 0 Å². The molecule has 0 saturated carbocycles. The van der Waals surface area contributed by atoms with Crippen molar-refractivity contribution in [3.05, 3.63) is 34.9 Å². The van der Waals surface area contributed by atoms with E-state index in [2.05, 4.69) is 37.4 Å². The van der Waals surface area contributed by atoms with Gasteiger partial charge < -0.3 is 5.32 Å². The minimum atomic E-state index is 0.254. The lowest BCUT2D eigenvalue weighted by Crippen LogP contribution is -2.34. The number of rotatable bonds is 4. The number of carbonyl (C=O) groups is 1.